The Bertz CT molecular complexity index is 913. The van der Waals surface area contributed by atoms with E-state index in [0.717, 1.165) is 25.2 Å². The molecule has 28 heavy (non-hydrogen) atoms. The van der Waals surface area contributed by atoms with Crippen LogP contribution in [-0.4, -0.2) is 32.8 Å². The van der Waals surface area contributed by atoms with E-state index in [1.165, 1.54) is 16.0 Å². The summed E-state index contributed by atoms with van der Waals surface area (Å²) >= 11 is 1.85. The molecule has 2 aromatic carbocycles. The quantitative estimate of drug-likeness (QED) is 0.593. The van der Waals surface area contributed by atoms with Crippen LogP contribution in [0.2, 0.25) is 0 Å². The molecule has 0 saturated heterocycles. The number of fused-ring (bicyclic) bond motifs is 1. The summed E-state index contributed by atoms with van der Waals surface area (Å²) in [5, 5.41) is 2.21. The van der Waals surface area contributed by atoms with E-state index >= 15 is 0 Å². The minimum Gasteiger partial charge on any atom is -0.493 e. The molecular formula is C23H25NO3S. The average Bonchev–Trinajstić information content (AvgIpc) is 3.21. The highest BCUT2D eigenvalue weighted by Crippen LogP contribution is 2.40. The van der Waals surface area contributed by atoms with Crippen LogP contribution in [-0.2, 0) is 13.1 Å². The summed E-state index contributed by atoms with van der Waals surface area (Å²) in [6.07, 6.45) is 0. The Morgan fingerprint density at radius 3 is 2.32 bits per heavy atom. The van der Waals surface area contributed by atoms with Crippen LogP contribution in [0, 0.1) is 0 Å². The van der Waals surface area contributed by atoms with E-state index in [4.69, 9.17) is 14.2 Å². The molecule has 0 bridgehead atoms. The van der Waals surface area contributed by atoms with E-state index in [-0.39, 0.29) is 0 Å². The van der Waals surface area contributed by atoms with Gasteiger partial charge in [0.05, 0.1) is 21.3 Å². The van der Waals surface area contributed by atoms with Crippen LogP contribution >= 0.6 is 11.3 Å². The third-order valence-electron chi connectivity index (χ3n) is 5.30. The number of thiophene rings is 1. The number of benzene rings is 2. The van der Waals surface area contributed by atoms with Gasteiger partial charge in [0.25, 0.3) is 0 Å². The van der Waals surface area contributed by atoms with Crippen LogP contribution in [0.25, 0.3) is 0 Å². The van der Waals surface area contributed by atoms with Crippen molar-refractivity contribution in [3.63, 3.8) is 0 Å². The third kappa shape index (κ3) is 3.60. The smallest absolute Gasteiger partial charge is 0.203 e. The lowest BCUT2D eigenvalue weighted by molar-refractivity contribution is 0.234. The van der Waals surface area contributed by atoms with E-state index in [9.17, 15) is 0 Å². The first-order valence-corrected chi connectivity index (χ1v) is 10.2. The molecule has 0 saturated carbocycles. The summed E-state index contributed by atoms with van der Waals surface area (Å²) in [4.78, 5) is 3.95. The molecule has 1 unspecified atom stereocenters. The highest BCUT2D eigenvalue weighted by atomic mass is 32.1. The molecule has 0 spiro atoms. The van der Waals surface area contributed by atoms with Crippen LogP contribution in [0.5, 0.6) is 17.2 Å². The number of hydrogen-bond donors (Lipinski definition) is 0. The topological polar surface area (TPSA) is 30.9 Å². The van der Waals surface area contributed by atoms with Gasteiger partial charge in [0.15, 0.2) is 11.5 Å². The lowest BCUT2D eigenvalue weighted by Gasteiger charge is -2.33. The van der Waals surface area contributed by atoms with Gasteiger partial charge in [-0.2, -0.15) is 0 Å². The molecule has 1 aliphatic rings. The Morgan fingerprint density at radius 2 is 1.68 bits per heavy atom. The molecule has 146 valence electrons. The molecule has 0 N–H and O–H groups in total. The number of hydrogen-bond acceptors (Lipinski definition) is 5. The maximum absolute atomic E-state index is 5.52. The molecule has 0 aliphatic carbocycles. The zero-order valence-electron chi connectivity index (χ0n) is 16.5. The Labute approximate surface area is 170 Å². The number of methoxy groups -OCH3 is 3. The van der Waals surface area contributed by atoms with Crippen LogP contribution in [0.1, 0.15) is 27.5 Å². The first-order chi connectivity index (χ1) is 13.7. The SMILES string of the molecule is COc1cc(CN2Cc3sccc3C(c3ccccc3)C2)cc(OC)c1OC. The highest BCUT2D eigenvalue weighted by Gasteiger charge is 2.28. The predicted molar refractivity (Wildman–Crippen MR) is 113 cm³/mol. The van der Waals surface area contributed by atoms with Gasteiger partial charge in [-0.05, 0) is 40.3 Å². The van der Waals surface area contributed by atoms with E-state index in [0.29, 0.717) is 23.2 Å². The van der Waals surface area contributed by atoms with Crippen molar-refractivity contribution in [2.45, 2.75) is 19.0 Å². The Morgan fingerprint density at radius 1 is 0.964 bits per heavy atom. The van der Waals surface area contributed by atoms with E-state index in [2.05, 4.69) is 46.7 Å². The minimum atomic E-state index is 0.401. The average molecular weight is 396 g/mol. The van der Waals surface area contributed by atoms with Gasteiger partial charge in [-0.1, -0.05) is 30.3 Å². The molecule has 1 atom stereocenters. The maximum Gasteiger partial charge on any atom is 0.203 e. The van der Waals surface area contributed by atoms with Crippen LogP contribution in [0.4, 0.5) is 0 Å². The minimum absolute atomic E-state index is 0.401. The van der Waals surface area contributed by atoms with Crippen LogP contribution < -0.4 is 14.2 Å². The molecule has 0 amide bonds. The Kier molecular flexibility index (Phi) is 5.55. The summed E-state index contributed by atoms with van der Waals surface area (Å²) < 4.78 is 16.5. The second-order valence-electron chi connectivity index (χ2n) is 6.97. The molecule has 1 aromatic heterocycles. The van der Waals surface area contributed by atoms with Crippen molar-refractivity contribution in [3.05, 3.63) is 75.5 Å². The summed E-state index contributed by atoms with van der Waals surface area (Å²) in [6.45, 7) is 2.79. The van der Waals surface area contributed by atoms with Gasteiger partial charge in [0, 0.05) is 30.4 Å². The lowest BCUT2D eigenvalue weighted by atomic mass is 9.88. The summed E-state index contributed by atoms with van der Waals surface area (Å²) in [5.74, 6) is 2.43. The summed E-state index contributed by atoms with van der Waals surface area (Å²) in [5.41, 5.74) is 4.00. The fraction of sp³-hybridized carbons (Fsp3) is 0.304. The first kappa shape index (κ1) is 18.8. The molecule has 0 fully saturated rings. The van der Waals surface area contributed by atoms with E-state index in [1.807, 2.05) is 23.5 Å². The van der Waals surface area contributed by atoms with Crippen molar-refractivity contribution < 1.29 is 14.2 Å². The van der Waals surface area contributed by atoms with E-state index < -0.39 is 0 Å². The van der Waals surface area contributed by atoms with Crippen molar-refractivity contribution in [2.24, 2.45) is 0 Å². The highest BCUT2D eigenvalue weighted by molar-refractivity contribution is 7.10. The predicted octanol–water partition coefficient (Wildman–Crippen LogP) is 4.92. The summed E-state index contributed by atoms with van der Waals surface area (Å²) in [7, 11) is 4.95. The number of ether oxygens (including phenoxy) is 3. The molecule has 4 nitrogen and oxygen atoms in total. The third-order valence-corrected chi connectivity index (χ3v) is 6.22. The van der Waals surface area contributed by atoms with Crippen LogP contribution in [0.3, 0.4) is 0 Å². The van der Waals surface area contributed by atoms with Gasteiger partial charge in [-0.15, -0.1) is 11.3 Å². The van der Waals surface area contributed by atoms with Gasteiger partial charge >= 0.3 is 0 Å². The fourth-order valence-electron chi connectivity index (χ4n) is 3.99. The van der Waals surface area contributed by atoms with Gasteiger partial charge < -0.3 is 14.2 Å². The van der Waals surface area contributed by atoms with Crippen molar-refractivity contribution in [1.82, 2.24) is 4.90 Å². The molecule has 4 rings (SSSR count). The standard InChI is InChI=1S/C23H25NO3S/c1-25-20-11-16(12-21(26-2)23(20)27-3)13-24-14-19(17-7-5-4-6-8-17)18-9-10-28-22(18)15-24/h4-12,19H,13-15H2,1-3H3. The molecule has 1 aliphatic heterocycles. The first-order valence-electron chi connectivity index (χ1n) is 9.36. The molecule has 3 aromatic rings. The van der Waals surface area contributed by atoms with Gasteiger partial charge in [0.1, 0.15) is 0 Å². The van der Waals surface area contributed by atoms with Crippen molar-refractivity contribution in [2.75, 3.05) is 27.9 Å². The Balaban J connectivity index is 1.63. The monoisotopic (exact) mass is 395 g/mol. The van der Waals surface area contributed by atoms with Gasteiger partial charge in [-0.3, -0.25) is 4.90 Å². The summed E-state index contributed by atoms with van der Waals surface area (Å²) in [6, 6.07) is 17.2. The maximum atomic E-state index is 5.52. The number of rotatable bonds is 6. The van der Waals surface area contributed by atoms with Crippen molar-refractivity contribution >= 4 is 11.3 Å². The zero-order chi connectivity index (χ0) is 19.5. The molecular weight excluding hydrogens is 370 g/mol. The van der Waals surface area contributed by atoms with Crippen molar-refractivity contribution in [3.8, 4) is 17.2 Å². The molecule has 0 radical (unpaired) electrons. The largest absolute Gasteiger partial charge is 0.493 e. The fourth-order valence-corrected chi connectivity index (χ4v) is 4.97. The number of nitrogens with zero attached hydrogens (tertiary/aromatic N) is 1. The van der Waals surface area contributed by atoms with Crippen molar-refractivity contribution in [1.29, 1.82) is 0 Å². The molecule has 5 heteroatoms. The second kappa shape index (κ2) is 8.25. The normalized spacial score (nSPS) is 16.5. The lowest BCUT2D eigenvalue weighted by Crippen LogP contribution is -2.32. The Hall–Kier alpha value is -2.50. The molecule has 2 heterocycles. The zero-order valence-corrected chi connectivity index (χ0v) is 17.3. The van der Waals surface area contributed by atoms with Crippen LogP contribution in [0.15, 0.2) is 53.9 Å². The van der Waals surface area contributed by atoms with E-state index in [1.54, 1.807) is 21.3 Å². The van der Waals surface area contributed by atoms with Gasteiger partial charge in [-0.25, -0.2) is 0 Å². The van der Waals surface area contributed by atoms with Gasteiger partial charge in [0.2, 0.25) is 5.75 Å². The second-order valence-corrected chi connectivity index (χ2v) is 7.97.